The number of carbonyl (C=O) groups excluding carboxylic acids is 1. The number of nitrogens with one attached hydrogen (secondary N) is 1. The summed E-state index contributed by atoms with van der Waals surface area (Å²) in [5, 5.41) is 3.84. The fourth-order valence-corrected chi connectivity index (χ4v) is 8.07. The van der Waals surface area contributed by atoms with Gasteiger partial charge in [0.2, 0.25) is 5.91 Å². The molecular weight excluding hydrogens is 471 g/mol. The number of amidine groups is 1. The molecule has 5 fully saturated rings. The number of nitrogens with zero attached hydrogens (tertiary/aromatic N) is 2. The van der Waals surface area contributed by atoms with Crippen LogP contribution in [0.25, 0.3) is 0 Å². The normalized spacial score (nSPS) is 33.9. The third-order valence-electron chi connectivity index (χ3n) is 7.69. The maximum Gasteiger partial charge on any atom is 0.416 e. The van der Waals surface area contributed by atoms with Crippen LogP contribution in [-0.4, -0.2) is 39.9 Å². The van der Waals surface area contributed by atoms with E-state index in [-0.39, 0.29) is 29.9 Å². The van der Waals surface area contributed by atoms with Gasteiger partial charge in [-0.3, -0.25) is 9.79 Å². The van der Waals surface area contributed by atoms with Crippen LogP contribution in [0.5, 0.6) is 0 Å². The van der Waals surface area contributed by atoms with Crippen molar-refractivity contribution in [1.82, 2.24) is 4.90 Å². The average molecular weight is 502 g/mol. The van der Waals surface area contributed by atoms with Gasteiger partial charge in [0.05, 0.1) is 11.1 Å². The molecule has 6 rings (SSSR count). The molecule has 1 saturated heterocycles. The number of aliphatic imine (C=N–C) groups is 1. The highest BCUT2D eigenvalue weighted by Gasteiger charge is 2.51. The van der Waals surface area contributed by atoms with Crippen molar-refractivity contribution in [3.05, 3.63) is 29.8 Å². The van der Waals surface area contributed by atoms with E-state index in [4.69, 9.17) is 4.99 Å². The Morgan fingerprint density at radius 3 is 2.21 bits per heavy atom. The van der Waals surface area contributed by atoms with Gasteiger partial charge >= 0.3 is 6.18 Å². The summed E-state index contributed by atoms with van der Waals surface area (Å²) in [4.78, 5) is 20.2. The van der Waals surface area contributed by atoms with E-state index in [1.165, 1.54) is 50.7 Å². The first-order valence-electron chi connectivity index (χ1n) is 11.7. The van der Waals surface area contributed by atoms with E-state index >= 15 is 0 Å². The molecule has 1 amide bonds. The van der Waals surface area contributed by atoms with Crippen molar-refractivity contribution in [3.8, 4) is 0 Å². The topological polar surface area (TPSA) is 44.7 Å². The second kappa shape index (κ2) is 9.33. The Balaban J connectivity index is 0.00000259. The van der Waals surface area contributed by atoms with E-state index < -0.39 is 11.7 Å². The Hall–Kier alpha value is -1.41. The minimum Gasteiger partial charge on any atom is -0.347 e. The summed E-state index contributed by atoms with van der Waals surface area (Å²) in [7, 11) is 0. The predicted octanol–water partition coefficient (Wildman–Crippen LogP) is 6.22. The Morgan fingerprint density at radius 1 is 1.12 bits per heavy atom. The summed E-state index contributed by atoms with van der Waals surface area (Å²) in [6.45, 7) is 2.90. The van der Waals surface area contributed by atoms with Crippen molar-refractivity contribution in [2.24, 2.45) is 22.7 Å². The van der Waals surface area contributed by atoms with Crippen LogP contribution >= 0.6 is 24.2 Å². The zero-order chi connectivity index (χ0) is 22.5. The molecule has 0 spiro atoms. The summed E-state index contributed by atoms with van der Waals surface area (Å²) < 4.78 is 38.2. The SMILES string of the molecule is CCN1C(=NC23CC4CC(CC(C4)C2)C3)SCC1CC(=O)Nc1ccc(C(F)(F)F)cc1.Cl. The number of hydrogen-bond acceptors (Lipinski definition) is 3. The van der Waals surface area contributed by atoms with Crippen molar-refractivity contribution in [2.45, 2.75) is 69.6 Å². The molecule has 1 atom stereocenters. The van der Waals surface area contributed by atoms with E-state index in [2.05, 4.69) is 17.1 Å². The maximum atomic E-state index is 12.7. The predicted molar refractivity (Wildman–Crippen MR) is 129 cm³/mol. The van der Waals surface area contributed by atoms with Crippen molar-refractivity contribution in [2.75, 3.05) is 17.6 Å². The molecule has 4 nitrogen and oxygen atoms in total. The maximum absolute atomic E-state index is 12.7. The van der Waals surface area contributed by atoms with Gasteiger partial charge in [0.15, 0.2) is 5.17 Å². The average Bonchev–Trinajstić information content (AvgIpc) is 3.06. The molecule has 33 heavy (non-hydrogen) atoms. The molecular formula is C24H31ClF3N3OS. The van der Waals surface area contributed by atoms with Gasteiger partial charge < -0.3 is 10.2 Å². The van der Waals surface area contributed by atoms with E-state index in [0.717, 1.165) is 47.4 Å². The summed E-state index contributed by atoms with van der Waals surface area (Å²) in [5.74, 6) is 3.18. The number of alkyl halides is 3. The zero-order valence-corrected chi connectivity index (χ0v) is 20.4. The fraction of sp³-hybridized carbons (Fsp3) is 0.667. The second-order valence-corrected chi connectivity index (χ2v) is 11.1. The van der Waals surface area contributed by atoms with Crippen LogP contribution in [0.4, 0.5) is 18.9 Å². The Kier molecular flexibility index (Phi) is 6.98. The molecule has 9 heteroatoms. The van der Waals surface area contributed by atoms with Gasteiger partial charge in [0, 0.05) is 30.4 Å². The summed E-state index contributed by atoms with van der Waals surface area (Å²) in [6, 6.07) is 4.67. The minimum atomic E-state index is -4.38. The number of anilines is 1. The third kappa shape index (κ3) is 5.16. The molecule has 5 aliphatic rings. The number of halogens is 4. The van der Waals surface area contributed by atoms with Crippen molar-refractivity contribution >= 4 is 40.9 Å². The first kappa shape index (κ1) is 24.7. The molecule has 1 unspecified atom stereocenters. The van der Waals surface area contributed by atoms with Crippen LogP contribution < -0.4 is 5.32 Å². The van der Waals surface area contributed by atoms with Crippen LogP contribution in [0.3, 0.4) is 0 Å². The van der Waals surface area contributed by atoms with Crippen molar-refractivity contribution in [3.63, 3.8) is 0 Å². The molecule has 0 aromatic heterocycles. The molecule has 1 aliphatic heterocycles. The lowest BCUT2D eigenvalue weighted by Crippen LogP contribution is -2.50. The smallest absolute Gasteiger partial charge is 0.347 e. The highest BCUT2D eigenvalue weighted by molar-refractivity contribution is 8.14. The molecule has 1 heterocycles. The van der Waals surface area contributed by atoms with Crippen molar-refractivity contribution < 1.29 is 18.0 Å². The molecule has 1 aromatic rings. The number of benzene rings is 1. The van der Waals surface area contributed by atoms with Crippen molar-refractivity contribution in [1.29, 1.82) is 0 Å². The standard InChI is InChI=1S/C24H30F3N3OS.ClH/c1-2-30-20(10-21(31)28-19-5-3-18(4-6-19)24(25,26)27)14-32-22(30)29-23-11-15-7-16(12-23)9-17(8-15)13-23;/h3-6,15-17,20H,2,7-14H2,1H3,(H,28,31);1H. The van der Waals surface area contributed by atoms with Crippen LogP contribution in [0, 0.1) is 17.8 Å². The van der Waals surface area contributed by atoms with Gasteiger partial charge in [-0.25, -0.2) is 0 Å². The summed E-state index contributed by atoms with van der Waals surface area (Å²) in [5.41, 5.74) is -0.216. The van der Waals surface area contributed by atoms with E-state index in [1.807, 2.05) is 0 Å². The number of thioether (sulfide) groups is 1. The zero-order valence-electron chi connectivity index (χ0n) is 18.7. The molecule has 4 aliphatic carbocycles. The Bertz CT molecular complexity index is 870. The molecule has 4 saturated carbocycles. The largest absolute Gasteiger partial charge is 0.416 e. The van der Waals surface area contributed by atoms with E-state index in [9.17, 15) is 18.0 Å². The molecule has 1 aromatic carbocycles. The lowest BCUT2D eigenvalue weighted by Gasteiger charge is -2.55. The monoisotopic (exact) mass is 501 g/mol. The second-order valence-electron chi connectivity index (χ2n) is 10.1. The van der Waals surface area contributed by atoms with E-state index in [0.29, 0.717) is 12.1 Å². The van der Waals surface area contributed by atoms with Gasteiger partial charge in [0.25, 0.3) is 0 Å². The van der Waals surface area contributed by atoms with Crippen LogP contribution in [-0.2, 0) is 11.0 Å². The van der Waals surface area contributed by atoms with Crippen LogP contribution in [0.1, 0.15) is 57.4 Å². The summed E-state index contributed by atoms with van der Waals surface area (Å²) >= 11 is 1.76. The third-order valence-corrected chi connectivity index (χ3v) is 8.82. The minimum absolute atomic E-state index is 0. The molecule has 0 radical (unpaired) electrons. The lowest BCUT2D eigenvalue weighted by molar-refractivity contribution is -0.137. The van der Waals surface area contributed by atoms with Crippen LogP contribution in [0.2, 0.25) is 0 Å². The van der Waals surface area contributed by atoms with Gasteiger partial charge in [-0.15, -0.1) is 12.4 Å². The quantitative estimate of drug-likeness (QED) is 0.521. The Morgan fingerprint density at radius 2 is 1.70 bits per heavy atom. The highest BCUT2D eigenvalue weighted by atomic mass is 35.5. The first-order valence-corrected chi connectivity index (χ1v) is 12.7. The van der Waals surface area contributed by atoms with Crippen LogP contribution in [0.15, 0.2) is 29.3 Å². The molecule has 4 bridgehead atoms. The van der Waals surface area contributed by atoms with Gasteiger partial charge in [0.1, 0.15) is 0 Å². The fourth-order valence-electron chi connectivity index (χ4n) is 6.73. The molecule has 182 valence electrons. The molecule has 1 N–H and O–H groups in total. The lowest BCUT2D eigenvalue weighted by atomic mass is 9.53. The number of hydrogen-bond donors (Lipinski definition) is 1. The number of amides is 1. The Labute approximate surface area is 203 Å². The van der Waals surface area contributed by atoms with Gasteiger partial charge in [-0.2, -0.15) is 13.2 Å². The first-order chi connectivity index (χ1) is 15.2. The number of rotatable bonds is 5. The number of carbonyl (C=O) groups is 1. The van der Waals surface area contributed by atoms with Gasteiger partial charge in [-0.1, -0.05) is 11.8 Å². The van der Waals surface area contributed by atoms with Gasteiger partial charge in [-0.05, 0) is 87.5 Å². The van der Waals surface area contributed by atoms with E-state index in [1.54, 1.807) is 11.8 Å². The summed E-state index contributed by atoms with van der Waals surface area (Å²) in [6.07, 6.45) is 3.77. The highest BCUT2D eigenvalue weighted by Crippen LogP contribution is 2.57.